The molecule has 1 nitrogen and oxygen atoms in total. The van der Waals surface area contributed by atoms with Crippen LogP contribution in [0.15, 0.2) is 75.9 Å². The predicted octanol–water partition coefficient (Wildman–Crippen LogP) is 7.12. The number of alkyl halides is 3. The number of fused-ring (bicyclic) bond motifs is 1. The second-order valence-electron chi connectivity index (χ2n) is 5.93. The molecule has 2 aromatic carbocycles. The molecule has 4 rings (SSSR count). The number of hydrogen-bond acceptors (Lipinski definition) is 3. The second kappa shape index (κ2) is 6.93. The van der Waals surface area contributed by atoms with Crippen LogP contribution in [0.1, 0.15) is 27.7 Å². The summed E-state index contributed by atoms with van der Waals surface area (Å²) in [6, 6.07) is 17.4. The summed E-state index contributed by atoms with van der Waals surface area (Å²) in [5.74, 6) is 0. The van der Waals surface area contributed by atoms with Crippen molar-refractivity contribution in [2.45, 2.75) is 22.7 Å². The van der Waals surface area contributed by atoms with E-state index < -0.39 is 11.7 Å². The molecule has 0 spiro atoms. The smallest absolute Gasteiger partial charge is 0.251 e. The van der Waals surface area contributed by atoms with Gasteiger partial charge in [-0.2, -0.15) is 13.2 Å². The summed E-state index contributed by atoms with van der Waals surface area (Å²) in [5, 5.41) is 2.02. The van der Waals surface area contributed by atoms with Crippen molar-refractivity contribution in [1.29, 1.82) is 0 Å². The minimum atomic E-state index is -4.31. The van der Waals surface area contributed by atoms with Crippen molar-refractivity contribution in [1.82, 2.24) is 0 Å². The maximum Gasteiger partial charge on any atom is 0.416 e. The molecule has 0 saturated carbocycles. The number of nitrogens with zero attached hydrogens (tertiary/aromatic N) is 1. The summed E-state index contributed by atoms with van der Waals surface area (Å²) in [6.45, 7) is 0. The van der Waals surface area contributed by atoms with E-state index in [1.54, 1.807) is 35.2 Å². The fraction of sp³-hybridized carbons (Fsp3) is 0.150. The first-order chi connectivity index (χ1) is 12.5. The Balaban J connectivity index is 1.72. The third-order valence-corrected chi connectivity index (χ3v) is 6.43. The fourth-order valence-corrected chi connectivity index (χ4v) is 4.84. The van der Waals surface area contributed by atoms with Gasteiger partial charge in [-0.3, -0.25) is 4.99 Å². The Bertz CT molecular complexity index is 928. The van der Waals surface area contributed by atoms with Crippen LogP contribution in [0.25, 0.3) is 0 Å². The molecule has 3 aromatic rings. The molecular formula is C20H14F3NS2. The SMILES string of the molecule is FC(F)(F)c1ccc(C2CC(c3cccs3)=Nc3ccccc3S2)cc1. The molecular weight excluding hydrogens is 375 g/mol. The summed E-state index contributed by atoms with van der Waals surface area (Å²) in [6.07, 6.45) is -3.64. The Labute approximate surface area is 157 Å². The van der Waals surface area contributed by atoms with Gasteiger partial charge < -0.3 is 0 Å². The van der Waals surface area contributed by atoms with Gasteiger partial charge in [0, 0.05) is 21.4 Å². The Morgan fingerprint density at radius 2 is 1.69 bits per heavy atom. The largest absolute Gasteiger partial charge is 0.416 e. The van der Waals surface area contributed by atoms with Gasteiger partial charge in [0.25, 0.3) is 0 Å². The highest BCUT2D eigenvalue weighted by molar-refractivity contribution is 7.99. The van der Waals surface area contributed by atoms with Gasteiger partial charge in [-0.25, -0.2) is 0 Å². The van der Waals surface area contributed by atoms with Crippen LogP contribution in [-0.4, -0.2) is 5.71 Å². The molecule has 0 amide bonds. The van der Waals surface area contributed by atoms with Gasteiger partial charge in [-0.15, -0.1) is 23.1 Å². The zero-order valence-corrected chi connectivity index (χ0v) is 15.2. The minimum Gasteiger partial charge on any atom is -0.251 e. The van der Waals surface area contributed by atoms with Crippen LogP contribution >= 0.6 is 23.1 Å². The zero-order valence-electron chi connectivity index (χ0n) is 13.5. The number of thioether (sulfide) groups is 1. The summed E-state index contributed by atoms with van der Waals surface area (Å²) >= 11 is 3.28. The first kappa shape index (κ1) is 17.4. The van der Waals surface area contributed by atoms with Gasteiger partial charge in [-0.1, -0.05) is 30.3 Å². The topological polar surface area (TPSA) is 12.4 Å². The van der Waals surface area contributed by atoms with E-state index in [2.05, 4.69) is 0 Å². The lowest BCUT2D eigenvalue weighted by molar-refractivity contribution is -0.137. The normalized spacial score (nSPS) is 17.3. The van der Waals surface area contributed by atoms with Gasteiger partial charge in [0.1, 0.15) is 0 Å². The summed E-state index contributed by atoms with van der Waals surface area (Å²) in [4.78, 5) is 6.98. The molecule has 6 heteroatoms. The number of benzene rings is 2. The Morgan fingerprint density at radius 3 is 2.38 bits per heavy atom. The molecule has 2 heterocycles. The van der Waals surface area contributed by atoms with Crippen molar-refractivity contribution >= 4 is 34.5 Å². The monoisotopic (exact) mass is 389 g/mol. The van der Waals surface area contributed by atoms with Crippen LogP contribution in [0, 0.1) is 0 Å². The number of aliphatic imine (C=N–C) groups is 1. The molecule has 1 aliphatic rings. The highest BCUT2D eigenvalue weighted by atomic mass is 32.2. The van der Waals surface area contributed by atoms with Crippen LogP contribution in [0.4, 0.5) is 18.9 Å². The Hall–Kier alpha value is -2.05. The standard InChI is InChI=1S/C20H14F3NS2/c21-20(22,23)14-9-7-13(8-10-14)19-12-16(17-6-3-11-25-17)24-15-4-1-2-5-18(15)26-19/h1-11,19H,12H2. The summed E-state index contributed by atoms with van der Waals surface area (Å²) < 4.78 is 38.5. The number of hydrogen-bond donors (Lipinski definition) is 0. The van der Waals surface area contributed by atoms with Crippen molar-refractivity contribution in [2.75, 3.05) is 0 Å². The minimum absolute atomic E-state index is 0.0155. The lowest BCUT2D eigenvalue weighted by Gasteiger charge is -2.16. The maximum atomic E-state index is 12.8. The van der Waals surface area contributed by atoms with E-state index >= 15 is 0 Å². The van der Waals surface area contributed by atoms with E-state index in [1.807, 2.05) is 41.8 Å². The molecule has 1 aliphatic heterocycles. The Morgan fingerprint density at radius 1 is 0.923 bits per heavy atom. The second-order valence-corrected chi connectivity index (χ2v) is 8.13. The summed E-state index contributed by atoms with van der Waals surface area (Å²) in [7, 11) is 0. The first-order valence-electron chi connectivity index (χ1n) is 8.05. The van der Waals surface area contributed by atoms with Gasteiger partial charge in [0.2, 0.25) is 0 Å². The van der Waals surface area contributed by atoms with E-state index in [0.29, 0.717) is 6.42 Å². The molecule has 0 bridgehead atoms. The molecule has 1 aromatic heterocycles. The van der Waals surface area contributed by atoms with Crippen LogP contribution in [0.5, 0.6) is 0 Å². The highest BCUT2D eigenvalue weighted by Gasteiger charge is 2.30. The van der Waals surface area contributed by atoms with Crippen molar-refractivity contribution < 1.29 is 13.2 Å². The average molecular weight is 389 g/mol. The Kier molecular flexibility index (Phi) is 4.63. The fourth-order valence-electron chi connectivity index (χ4n) is 2.88. The van der Waals surface area contributed by atoms with E-state index in [4.69, 9.17) is 4.99 Å². The van der Waals surface area contributed by atoms with Crippen LogP contribution in [0.3, 0.4) is 0 Å². The van der Waals surface area contributed by atoms with E-state index in [0.717, 1.165) is 38.9 Å². The van der Waals surface area contributed by atoms with E-state index in [9.17, 15) is 13.2 Å². The van der Waals surface area contributed by atoms with Crippen LogP contribution in [0.2, 0.25) is 0 Å². The lowest BCUT2D eigenvalue weighted by Crippen LogP contribution is -2.06. The lowest BCUT2D eigenvalue weighted by atomic mass is 10.0. The van der Waals surface area contributed by atoms with Gasteiger partial charge in [0.15, 0.2) is 0 Å². The molecule has 0 fully saturated rings. The highest BCUT2D eigenvalue weighted by Crippen LogP contribution is 2.46. The van der Waals surface area contributed by atoms with Crippen LogP contribution in [-0.2, 0) is 6.18 Å². The van der Waals surface area contributed by atoms with Gasteiger partial charge in [0.05, 0.1) is 17.0 Å². The molecule has 132 valence electrons. The maximum absolute atomic E-state index is 12.8. The molecule has 0 aliphatic carbocycles. The number of para-hydroxylation sites is 1. The van der Waals surface area contributed by atoms with Crippen molar-refractivity contribution in [3.05, 3.63) is 82.0 Å². The van der Waals surface area contributed by atoms with Crippen molar-refractivity contribution in [3.63, 3.8) is 0 Å². The third kappa shape index (κ3) is 3.57. The molecule has 26 heavy (non-hydrogen) atoms. The van der Waals surface area contributed by atoms with Gasteiger partial charge >= 0.3 is 6.18 Å². The number of rotatable bonds is 2. The van der Waals surface area contributed by atoms with Crippen molar-refractivity contribution in [2.24, 2.45) is 4.99 Å². The quantitative estimate of drug-likeness (QED) is 0.454. The molecule has 1 unspecified atom stereocenters. The molecule has 1 atom stereocenters. The third-order valence-electron chi connectivity index (χ3n) is 4.18. The molecule has 0 N–H and O–H groups in total. The first-order valence-corrected chi connectivity index (χ1v) is 9.81. The van der Waals surface area contributed by atoms with Crippen LogP contribution < -0.4 is 0 Å². The average Bonchev–Trinajstić information content (AvgIpc) is 3.09. The number of thiophene rings is 1. The predicted molar refractivity (Wildman–Crippen MR) is 102 cm³/mol. The molecule has 0 saturated heterocycles. The van der Waals surface area contributed by atoms with E-state index in [-0.39, 0.29) is 5.25 Å². The number of halogens is 3. The van der Waals surface area contributed by atoms with Gasteiger partial charge in [-0.05, 0) is 41.3 Å². The molecule has 0 radical (unpaired) electrons. The zero-order chi connectivity index (χ0) is 18.1. The van der Waals surface area contributed by atoms with Crippen molar-refractivity contribution in [3.8, 4) is 0 Å². The van der Waals surface area contributed by atoms with E-state index in [1.165, 1.54) is 0 Å². The summed E-state index contributed by atoms with van der Waals surface area (Å²) in [5.41, 5.74) is 2.15.